The monoisotopic (exact) mass is 167 g/mol. The summed E-state index contributed by atoms with van der Waals surface area (Å²) in [5, 5.41) is 6.38. The van der Waals surface area contributed by atoms with Gasteiger partial charge in [0, 0.05) is 11.3 Å². The molecule has 66 valence electrons. The molecule has 4 nitrogen and oxygen atoms in total. The lowest BCUT2D eigenvalue weighted by molar-refractivity contribution is 0.810. The van der Waals surface area contributed by atoms with Crippen molar-refractivity contribution >= 4 is 5.82 Å². The lowest BCUT2D eigenvalue weighted by atomic mass is 10.0. The van der Waals surface area contributed by atoms with Crippen molar-refractivity contribution in [2.45, 2.75) is 26.7 Å². The van der Waals surface area contributed by atoms with E-state index in [1.165, 1.54) is 0 Å². The number of nitrogens with zero attached hydrogens (tertiary/aromatic N) is 1. The first-order chi connectivity index (χ1) is 5.54. The van der Waals surface area contributed by atoms with Gasteiger partial charge in [-0.15, -0.1) is 0 Å². The standard InChI is InChI=1S/C8H13N3O/c1-4(2)6-5(3)10-11-8(9)7(6)12/h4H,1-3H3,(H2,9,11)(H,10,12). The van der Waals surface area contributed by atoms with Gasteiger partial charge in [0.25, 0.3) is 0 Å². The molecule has 0 aliphatic heterocycles. The van der Waals surface area contributed by atoms with Crippen molar-refractivity contribution < 1.29 is 0 Å². The summed E-state index contributed by atoms with van der Waals surface area (Å²) in [7, 11) is 0. The van der Waals surface area contributed by atoms with Crippen LogP contribution in [0, 0.1) is 6.92 Å². The molecule has 0 radical (unpaired) electrons. The van der Waals surface area contributed by atoms with E-state index >= 15 is 0 Å². The van der Waals surface area contributed by atoms with Crippen molar-refractivity contribution in [2.75, 3.05) is 5.73 Å². The minimum atomic E-state index is -0.152. The van der Waals surface area contributed by atoms with Crippen LogP contribution in [0.25, 0.3) is 0 Å². The van der Waals surface area contributed by atoms with Crippen molar-refractivity contribution in [3.63, 3.8) is 0 Å². The van der Waals surface area contributed by atoms with Gasteiger partial charge in [-0.05, 0) is 12.8 Å². The maximum absolute atomic E-state index is 11.4. The van der Waals surface area contributed by atoms with Crippen LogP contribution in [0.4, 0.5) is 5.82 Å². The predicted molar refractivity (Wildman–Crippen MR) is 48.1 cm³/mol. The van der Waals surface area contributed by atoms with Gasteiger partial charge in [-0.3, -0.25) is 9.89 Å². The van der Waals surface area contributed by atoms with E-state index in [0.717, 1.165) is 11.3 Å². The third-order valence-electron chi connectivity index (χ3n) is 1.80. The summed E-state index contributed by atoms with van der Waals surface area (Å²) in [5.41, 5.74) is 6.74. The quantitative estimate of drug-likeness (QED) is 0.649. The Balaban J connectivity index is 3.44. The highest BCUT2D eigenvalue weighted by Gasteiger charge is 2.10. The van der Waals surface area contributed by atoms with Gasteiger partial charge < -0.3 is 5.73 Å². The van der Waals surface area contributed by atoms with E-state index in [-0.39, 0.29) is 17.2 Å². The molecule has 0 aliphatic carbocycles. The van der Waals surface area contributed by atoms with Crippen LogP contribution in [0.2, 0.25) is 0 Å². The van der Waals surface area contributed by atoms with E-state index < -0.39 is 0 Å². The zero-order valence-electron chi connectivity index (χ0n) is 7.51. The molecule has 1 aromatic heterocycles. The number of aromatic nitrogens is 2. The summed E-state index contributed by atoms with van der Waals surface area (Å²) in [6.07, 6.45) is 0. The average Bonchev–Trinajstić information content (AvgIpc) is 1.97. The average molecular weight is 167 g/mol. The maximum Gasteiger partial charge on any atom is 0.227 e. The van der Waals surface area contributed by atoms with Crippen molar-refractivity contribution in [2.24, 2.45) is 0 Å². The minimum absolute atomic E-state index is 0.0456. The molecule has 1 aromatic rings. The molecule has 0 aliphatic rings. The molecular formula is C8H13N3O. The summed E-state index contributed by atoms with van der Waals surface area (Å²) in [5.74, 6) is 0.225. The Hall–Kier alpha value is -1.32. The first-order valence-corrected chi connectivity index (χ1v) is 3.88. The van der Waals surface area contributed by atoms with E-state index in [1.807, 2.05) is 20.8 Å². The van der Waals surface area contributed by atoms with Gasteiger partial charge in [-0.2, -0.15) is 5.10 Å². The largest absolute Gasteiger partial charge is 0.379 e. The Kier molecular flexibility index (Phi) is 2.17. The van der Waals surface area contributed by atoms with Crippen LogP contribution in [0.15, 0.2) is 4.79 Å². The third-order valence-corrected chi connectivity index (χ3v) is 1.80. The fraction of sp³-hybridized carbons (Fsp3) is 0.500. The van der Waals surface area contributed by atoms with Gasteiger partial charge in [0.1, 0.15) is 0 Å². The highest BCUT2D eigenvalue weighted by Crippen LogP contribution is 2.12. The minimum Gasteiger partial charge on any atom is -0.379 e. The van der Waals surface area contributed by atoms with Gasteiger partial charge >= 0.3 is 0 Å². The molecule has 0 aromatic carbocycles. The van der Waals surface area contributed by atoms with E-state index in [1.54, 1.807) is 0 Å². The number of nitrogen functional groups attached to an aromatic ring is 1. The fourth-order valence-corrected chi connectivity index (χ4v) is 1.26. The molecule has 12 heavy (non-hydrogen) atoms. The predicted octanol–water partition coefficient (Wildman–Crippen LogP) is 0.784. The van der Waals surface area contributed by atoms with Crippen molar-refractivity contribution in [3.8, 4) is 0 Å². The molecular weight excluding hydrogens is 154 g/mol. The number of rotatable bonds is 1. The Morgan fingerprint density at radius 3 is 2.50 bits per heavy atom. The number of anilines is 1. The van der Waals surface area contributed by atoms with Crippen LogP contribution in [0.1, 0.15) is 31.0 Å². The zero-order chi connectivity index (χ0) is 9.30. The van der Waals surface area contributed by atoms with E-state index in [0.29, 0.717) is 0 Å². The second-order valence-corrected chi connectivity index (χ2v) is 3.13. The zero-order valence-corrected chi connectivity index (χ0v) is 7.51. The van der Waals surface area contributed by atoms with E-state index in [2.05, 4.69) is 10.2 Å². The molecule has 3 N–H and O–H groups in total. The van der Waals surface area contributed by atoms with Crippen LogP contribution in [-0.2, 0) is 0 Å². The van der Waals surface area contributed by atoms with E-state index in [4.69, 9.17) is 5.73 Å². The number of hydrogen-bond donors (Lipinski definition) is 2. The molecule has 1 rings (SSSR count). The second-order valence-electron chi connectivity index (χ2n) is 3.13. The van der Waals surface area contributed by atoms with Crippen molar-refractivity contribution in [1.29, 1.82) is 0 Å². The van der Waals surface area contributed by atoms with Crippen LogP contribution in [-0.4, -0.2) is 10.2 Å². The highest BCUT2D eigenvalue weighted by molar-refractivity contribution is 5.34. The third kappa shape index (κ3) is 1.32. The van der Waals surface area contributed by atoms with Crippen LogP contribution in [0.5, 0.6) is 0 Å². The Bertz CT molecular complexity index is 341. The molecule has 0 bridgehead atoms. The van der Waals surface area contributed by atoms with Crippen molar-refractivity contribution in [1.82, 2.24) is 10.2 Å². The number of nitrogens with one attached hydrogen (secondary N) is 1. The maximum atomic E-state index is 11.4. The number of hydrogen-bond acceptors (Lipinski definition) is 3. The number of H-pyrrole nitrogens is 1. The molecule has 0 spiro atoms. The van der Waals surface area contributed by atoms with Crippen LogP contribution in [0.3, 0.4) is 0 Å². The highest BCUT2D eigenvalue weighted by atomic mass is 16.1. The molecule has 4 heteroatoms. The van der Waals surface area contributed by atoms with Gasteiger partial charge in [0.2, 0.25) is 5.43 Å². The topological polar surface area (TPSA) is 71.8 Å². The van der Waals surface area contributed by atoms with Gasteiger partial charge in [-0.1, -0.05) is 13.8 Å². The fourth-order valence-electron chi connectivity index (χ4n) is 1.26. The molecule has 0 fully saturated rings. The summed E-state index contributed by atoms with van der Waals surface area (Å²) in [6.45, 7) is 5.73. The first-order valence-electron chi connectivity index (χ1n) is 3.88. The number of aromatic amines is 1. The number of nitrogens with two attached hydrogens (primary N) is 1. The van der Waals surface area contributed by atoms with Gasteiger partial charge in [-0.25, -0.2) is 0 Å². The normalized spacial score (nSPS) is 10.7. The molecule has 0 atom stereocenters. The summed E-state index contributed by atoms with van der Waals surface area (Å²) < 4.78 is 0. The Labute approximate surface area is 70.8 Å². The molecule has 1 heterocycles. The molecule has 0 saturated carbocycles. The van der Waals surface area contributed by atoms with Gasteiger partial charge in [0.05, 0.1) is 0 Å². The van der Waals surface area contributed by atoms with E-state index in [9.17, 15) is 4.79 Å². The molecule has 0 amide bonds. The lowest BCUT2D eigenvalue weighted by Crippen LogP contribution is -2.19. The molecule has 0 saturated heterocycles. The SMILES string of the molecule is Cc1[nH]nc(N)c(=O)c1C(C)C. The van der Waals surface area contributed by atoms with Crippen LogP contribution >= 0.6 is 0 Å². The smallest absolute Gasteiger partial charge is 0.227 e. The molecule has 0 unspecified atom stereocenters. The summed E-state index contributed by atoms with van der Waals surface area (Å²) in [6, 6.07) is 0. The Morgan fingerprint density at radius 1 is 1.50 bits per heavy atom. The summed E-state index contributed by atoms with van der Waals surface area (Å²) >= 11 is 0. The van der Waals surface area contributed by atoms with Gasteiger partial charge in [0.15, 0.2) is 5.82 Å². The Morgan fingerprint density at radius 2 is 2.08 bits per heavy atom. The number of aryl methyl sites for hydroxylation is 1. The summed E-state index contributed by atoms with van der Waals surface area (Å²) in [4.78, 5) is 11.4. The lowest BCUT2D eigenvalue weighted by Gasteiger charge is -2.07. The van der Waals surface area contributed by atoms with Crippen LogP contribution < -0.4 is 11.2 Å². The van der Waals surface area contributed by atoms with Crippen molar-refractivity contribution in [3.05, 3.63) is 21.5 Å². The second kappa shape index (κ2) is 2.97. The first kappa shape index (κ1) is 8.77.